The topological polar surface area (TPSA) is 59.8 Å². The average Bonchev–Trinajstić information content (AvgIpc) is 2.88. The Hall–Kier alpha value is -1.23. The Morgan fingerprint density at radius 2 is 2.50 bits per heavy atom. The van der Waals surface area contributed by atoms with E-state index in [1.54, 1.807) is 10.9 Å². The van der Waals surface area contributed by atoms with E-state index in [0.29, 0.717) is 6.42 Å². The van der Waals surface area contributed by atoms with E-state index in [1.165, 1.54) is 0 Å². The highest BCUT2D eigenvalue weighted by molar-refractivity contribution is 5.90. The molecule has 5 nitrogen and oxygen atoms in total. The number of carbonyl (C=O) groups is 1. The highest BCUT2D eigenvalue weighted by Crippen LogP contribution is 2.25. The number of hydrogen-bond acceptors (Lipinski definition) is 4. The molecule has 1 aliphatic rings. The minimum absolute atomic E-state index is 0.244. The third kappa shape index (κ3) is 2.00. The summed E-state index contributed by atoms with van der Waals surface area (Å²) in [4.78, 5) is 12.2. The van der Waals surface area contributed by atoms with Crippen molar-refractivity contribution in [3.05, 3.63) is 11.9 Å². The number of nitrogens with one attached hydrogen (secondary N) is 1. The van der Waals surface area contributed by atoms with E-state index < -0.39 is 0 Å². The van der Waals surface area contributed by atoms with Crippen molar-refractivity contribution >= 4 is 5.78 Å². The number of rotatable bonds is 4. The van der Waals surface area contributed by atoms with Crippen molar-refractivity contribution in [3.8, 4) is 0 Å². The van der Waals surface area contributed by atoms with E-state index in [-0.39, 0.29) is 11.3 Å². The summed E-state index contributed by atoms with van der Waals surface area (Å²) in [5.41, 5.74) is 0.450. The molecule has 1 aromatic rings. The van der Waals surface area contributed by atoms with Crippen LogP contribution in [-0.4, -0.2) is 32.9 Å². The first-order valence-corrected chi connectivity index (χ1v) is 5.80. The van der Waals surface area contributed by atoms with Gasteiger partial charge in [-0.1, -0.05) is 12.1 Å². The molecule has 1 N–H and O–H groups in total. The summed E-state index contributed by atoms with van der Waals surface area (Å²) in [5.74, 6) is 0.244. The number of nitrogens with zero attached hydrogens (tertiary/aromatic N) is 3. The molecule has 0 aromatic carbocycles. The van der Waals surface area contributed by atoms with Crippen molar-refractivity contribution in [2.24, 2.45) is 7.05 Å². The minimum atomic E-state index is -0.308. The van der Waals surface area contributed by atoms with Crippen molar-refractivity contribution in [2.45, 2.75) is 38.1 Å². The normalized spacial score (nSPS) is 24.9. The molecular weight excluding hydrogens is 204 g/mol. The lowest BCUT2D eigenvalue weighted by Gasteiger charge is -2.25. The van der Waals surface area contributed by atoms with Crippen molar-refractivity contribution in [2.75, 3.05) is 6.54 Å². The minimum Gasteiger partial charge on any atom is -0.305 e. The second-order valence-corrected chi connectivity index (χ2v) is 4.45. The van der Waals surface area contributed by atoms with Gasteiger partial charge in [0.1, 0.15) is 0 Å². The maximum absolute atomic E-state index is 12.2. The van der Waals surface area contributed by atoms with Crippen LogP contribution in [0, 0.1) is 0 Å². The fourth-order valence-corrected chi connectivity index (χ4v) is 2.35. The van der Waals surface area contributed by atoms with E-state index in [4.69, 9.17) is 0 Å². The highest BCUT2D eigenvalue weighted by Gasteiger charge is 2.38. The highest BCUT2D eigenvalue weighted by atomic mass is 16.1. The lowest BCUT2D eigenvalue weighted by atomic mass is 9.87. The molecule has 0 amide bonds. The molecule has 2 rings (SSSR count). The molecule has 5 heteroatoms. The Morgan fingerprint density at radius 3 is 3.00 bits per heavy atom. The molecule has 0 radical (unpaired) electrons. The van der Waals surface area contributed by atoms with Gasteiger partial charge in [0.15, 0.2) is 5.78 Å². The maximum atomic E-state index is 12.2. The summed E-state index contributed by atoms with van der Waals surface area (Å²) in [5, 5.41) is 11.1. The first-order valence-electron chi connectivity index (χ1n) is 5.80. The summed E-state index contributed by atoms with van der Waals surface area (Å²) < 4.78 is 1.63. The van der Waals surface area contributed by atoms with E-state index in [1.807, 2.05) is 7.05 Å². The first kappa shape index (κ1) is 11.3. The SMILES string of the molecule is CCC1(C(=O)Cc2cn(C)nn2)CCCN1. The molecule has 0 saturated carbocycles. The molecule has 88 valence electrons. The van der Waals surface area contributed by atoms with Crippen LogP contribution in [0.15, 0.2) is 6.20 Å². The number of hydrogen-bond donors (Lipinski definition) is 1. The second kappa shape index (κ2) is 4.33. The third-order valence-electron chi connectivity index (χ3n) is 3.37. The molecule has 1 atom stereocenters. The van der Waals surface area contributed by atoms with Gasteiger partial charge >= 0.3 is 0 Å². The number of aryl methyl sites for hydroxylation is 1. The van der Waals surface area contributed by atoms with E-state index in [0.717, 1.165) is 31.5 Å². The molecule has 2 heterocycles. The lowest BCUT2D eigenvalue weighted by Crippen LogP contribution is -2.47. The number of Topliss-reactive ketones (excluding diaryl/α,β-unsaturated/α-hetero) is 1. The van der Waals surface area contributed by atoms with Gasteiger partial charge in [-0.3, -0.25) is 9.48 Å². The van der Waals surface area contributed by atoms with Gasteiger partial charge in [0.25, 0.3) is 0 Å². The van der Waals surface area contributed by atoms with Crippen LogP contribution in [0.4, 0.5) is 0 Å². The van der Waals surface area contributed by atoms with Crippen LogP contribution in [0.2, 0.25) is 0 Å². The van der Waals surface area contributed by atoms with Gasteiger partial charge in [0.05, 0.1) is 17.7 Å². The van der Waals surface area contributed by atoms with Crippen LogP contribution in [0.3, 0.4) is 0 Å². The average molecular weight is 222 g/mol. The summed E-state index contributed by atoms with van der Waals surface area (Å²) in [6, 6.07) is 0. The predicted octanol–water partition coefficient (Wildman–Crippen LogP) is 0.459. The fourth-order valence-electron chi connectivity index (χ4n) is 2.35. The maximum Gasteiger partial charge on any atom is 0.158 e. The van der Waals surface area contributed by atoms with Crippen molar-refractivity contribution in [1.82, 2.24) is 20.3 Å². The van der Waals surface area contributed by atoms with Gasteiger partial charge in [0.2, 0.25) is 0 Å². The Balaban J connectivity index is 2.07. The van der Waals surface area contributed by atoms with Crippen LogP contribution < -0.4 is 5.32 Å². The third-order valence-corrected chi connectivity index (χ3v) is 3.37. The molecule has 1 unspecified atom stereocenters. The molecule has 16 heavy (non-hydrogen) atoms. The van der Waals surface area contributed by atoms with Crippen LogP contribution >= 0.6 is 0 Å². The van der Waals surface area contributed by atoms with Crippen LogP contribution in [-0.2, 0) is 18.3 Å². The van der Waals surface area contributed by atoms with Gasteiger partial charge in [-0.15, -0.1) is 5.10 Å². The Labute approximate surface area is 95.2 Å². The molecule has 1 saturated heterocycles. The summed E-state index contributed by atoms with van der Waals surface area (Å²) >= 11 is 0. The molecular formula is C11H18N4O. The Bertz CT molecular complexity index is 379. The van der Waals surface area contributed by atoms with Crippen LogP contribution in [0.5, 0.6) is 0 Å². The predicted molar refractivity (Wildman–Crippen MR) is 60.0 cm³/mol. The lowest BCUT2D eigenvalue weighted by molar-refractivity contribution is -0.124. The zero-order valence-corrected chi connectivity index (χ0v) is 9.86. The molecule has 1 aliphatic heterocycles. The standard InChI is InChI=1S/C11H18N4O/c1-3-11(5-4-6-12-11)10(16)7-9-8-15(2)14-13-9/h8,12H,3-7H2,1-2H3. The zero-order chi connectivity index (χ0) is 11.6. The fraction of sp³-hybridized carbons (Fsp3) is 0.727. The summed E-state index contributed by atoms with van der Waals surface area (Å²) in [6.07, 6.45) is 5.07. The number of aromatic nitrogens is 3. The zero-order valence-electron chi connectivity index (χ0n) is 9.86. The summed E-state index contributed by atoms with van der Waals surface area (Å²) in [6.45, 7) is 3.01. The van der Waals surface area contributed by atoms with Crippen molar-refractivity contribution in [3.63, 3.8) is 0 Å². The largest absolute Gasteiger partial charge is 0.305 e. The molecule has 0 aliphatic carbocycles. The summed E-state index contributed by atoms with van der Waals surface area (Å²) in [7, 11) is 1.81. The van der Waals surface area contributed by atoms with Crippen molar-refractivity contribution in [1.29, 1.82) is 0 Å². The smallest absolute Gasteiger partial charge is 0.158 e. The molecule has 1 fully saturated rings. The molecule has 0 spiro atoms. The van der Waals surface area contributed by atoms with Crippen LogP contribution in [0.25, 0.3) is 0 Å². The second-order valence-electron chi connectivity index (χ2n) is 4.45. The van der Waals surface area contributed by atoms with E-state index in [9.17, 15) is 4.79 Å². The first-order chi connectivity index (χ1) is 7.66. The Morgan fingerprint density at radius 1 is 1.69 bits per heavy atom. The number of carbonyl (C=O) groups excluding carboxylic acids is 1. The van der Waals surface area contributed by atoms with Gasteiger partial charge < -0.3 is 5.32 Å². The quantitative estimate of drug-likeness (QED) is 0.804. The van der Waals surface area contributed by atoms with Gasteiger partial charge in [-0.05, 0) is 25.8 Å². The van der Waals surface area contributed by atoms with Gasteiger partial charge in [-0.2, -0.15) is 0 Å². The van der Waals surface area contributed by atoms with Crippen molar-refractivity contribution < 1.29 is 4.79 Å². The van der Waals surface area contributed by atoms with Gasteiger partial charge in [0, 0.05) is 13.2 Å². The molecule has 1 aromatic heterocycles. The van der Waals surface area contributed by atoms with Gasteiger partial charge in [-0.25, -0.2) is 0 Å². The van der Waals surface area contributed by atoms with E-state index in [2.05, 4.69) is 22.6 Å². The Kier molecular flexibility index (Phi) is 3.05. The van der Waals surface area contributed by atoms with E-state index >= 15 is 0 Å². The monoisotopic (exact) mass is 222 g/mol. The van der Waals surface area contributed by atoms with Crippen LogP contribution in [0.1, 0.15) is 31.9 Å². The number of ketones is 1. The molecule has 0 bridgehead atoms.